The van der Waals surface area contributed by atoms with Crippen LogP contribution in [0, 0.1) is 5.82 Å². The summed E-state index contributed by atoms with van der Waals surface area (Å²) in [6.07, 6.45) is 3.59. The molecule has 1 aliphatic rings. The van der Waals surface area contributed by atoms with Gasteiger partial charge in [-0.15, -0.1) is 0 Å². The molecule has 24 heavy (non-hydrogen) atoms. The van der Waals surface area contributed by atoms with Crippen molar-refractivity contribution in [1.29, 1.82) is 0 Å². The molecule has 5 nitrogen and oxygen atoms in total. The van der Waals surface area contributed by atoms with Gasteiger partial charge in [-0.2, -0.15) is 0 Å². The average molecular weight is 329 g/mol. The summed E-state index contributed by atoms with van der Waals surface area (Å²) in [4.78, 5) is 22.7. The molecule has 1 aromatic carbocycles. The third-order valence-corrected chi connectivity index (χ3v) is 4.22. The number of nitrogens with zero attached hydrogens (tertiary/aromatic N) is 3. The Hall–Kier alpha value is -2.34. The van der Waals surface area contributed by atoms with Gasteiger partial charge in [0.05, 0.1) is 0 Å². The van der Waals surface area contributed by atoms with E-state index in [9.17, 15) is 9.18 Å². The van der Waals surface area contributed by atoms with Crippen molar-refractivity contribution in [3.63, 3.8) is 0 Å². The van der Waals surface area contributed by atoms with E-state index in [2.05, 4.69) is 9.97 Å². The number of amides is 1. The number of aromatic nitrogens is 2. The number of ether oxygens (including phenoxy) is 1. The van der Waals surface area contributed by atoms with Crippen LogP contribution in [0.2, 0.25) is 0 Å². The molecule has 0 saturated carbocycles. The lowest BCUT2D eigenvalue weighted by atomic mass is 9.94. The SMILES string of the molecule is COCC(=O)N1CCCC(c2ccnc(-c3cccc(F)c3)n2)C1. The summed E-state index contributed by atoms with van der Waals surface area (Å²) in [5.41, 5.74) is 1.54. The molecular weight excluding hydrogens is 309 g/mol. The van der Waals surface area contributed by atoms with Crippen LogP contribution < -0.4 is 0 Å². The largest absolute Gasteiger partial charge is 0.375 e. The molecule has 2 heterocycles. The van der Waals surface area contributed by atoms with Crippen molar-refractivity contribution in [2.45, 2.75) is 18.8 Å². The molecule has 1 fully saturated rings. The standard InChI is InChI=1S/C18H20FN3O2/c1-24-12-17(23)22-9-3-5-14(11-22)16-7-8-20-18(21-16)13-4-2-6-15(19)10-13/h2,4,6-8,10,14H,3,5,9,11-12H2,1H3. The Balaban J connectivity index is 1.79. The van der Waals surface area contributed by atoms with E-state index in [1.165, 1.54) is 19.2 Å². The topological polar surface area (TPSA) is 55.3 Å². The van der Waals surface area contributed by atoms with Crippen molar-refractivity contribution >= 4 is 5.91 Å². The van der Waals surface area contributed by atoms with Gasteiger partial charge in [0.15, 0.2) is 5.82 Å². The summed E-state index contributed by atoms with van der Waals surface area (Å²) >= 11 is 0. The van der Waals surface area contributed by atoms with Gasteiger partial charge in [0, 0.05) is 43.6 Å². The van der Waals surface area contributed by atoms with Crippen LogP contribution in [-0.4, -0.2) is 47.6 Å². The highest BCUT2D eigenvalue weighted by Gasteiger charge is 2.25. The number of hydrogen-bond donors (Lipinski definition) is 0. The van der Waals surface area contributed by atoms with Crippen LogP contribution >= 0.6 is 0 Å². The predicted octanol–water partition coefficient (Wildman–Crippen LogP) is 2.64. The number of halogens is 1. The molecule has 1 unspecified atom stereocenters. The second-order valence-electron chi connectivity index (χ2n) is 5.93. The van der Waals surface area contributed by atoms with Crippen LogP contribution in [-0.2, 0) is 9.53 Å². The molecule has 2 aromatic rings. The molecule has 1 saturated heterocycles. The van der Waals surface area contributed by atoms with Crippen LogP contribution in [0.4, 0.5) is 4.39 Å². The van der Waals surface area contributed by atoms with E-state index in [0.717, 1.165) is 25.1 Å². The van der Waals surface area contributed by atoms with E-state index in [4.69, 9.17) is 4.74 Å². The number of hydrogen-bond acceptors (Lipinski definition) is 4. The fourth-order valence-corrected chi connectivity index (χ4v) is 3.03. The molecule has 1 aliphatic heterocycles. The third kappa shape index (κ3) is 3.76. The lowest BCUT2D eigenvalue weighted by Crippen LogP contribution is -2.41. The van der Waals surface area contributed by atoms with E-state index in [0.29, 0.717) is 17.9 Å². The third-order valence-electron chi connectivity index (χ3n) is 4.22. The van der Waals surface area contributed by atoms with Crippen molar-refractivity contribution in [2.75, 3.05) is 26.8 Å². The molecule has 0 spiro atoms. The number of carbonyl (C=O) groups excluding carboxylic acids is 1. The van der Waals surface area contributed by atoms with E-state index >= 15 is 0 Å². The van der Waals surface area contributed by atoms with Gasteiger partial charge in [0.1, 0.15) is 12.4 Å². The first-order valence-corrected chi connectivity index (χ1v) is 8.03. The summed E-state index contributed by atoms with van der Waals surface area (Å²) < 4.78 is 18.3. The summed E-state index contributed by atoms with van der Waals surface area (Å²) in [6, 6.07) is 8.13. The Morgan fingerprint density at radius 1 is 1.42 bits per heavy atom. The predicted molar refractivity (Wildman–Crippen MR) is 87.9 cm³/mol. The zero-order valence-corrected chi connectivity index (χ0v) is 13.6. The maximum absolute atomic E-state index is 13.4. The Labute approximate surface area is 140 Å². The van der Waals surface area contributed by atoms with Crippen molar-refractivity contribution in [3.05, 3.63) is 48.0 Å². The number of piperidine rings is 1. The molecule has 6 heteroatoms. The van der Waals surface area contributed by atoms with Gasteiger partial charge in [-0.1, -0.05) is 12.1 Å². The van der Waals surface area contributed by atoms with Gasteiger partial charge in [0.2, 0.25) is 5.91 Å². The number of benzene rings is 1. The first-order valence-electron chi connectivity index (χ1n) is 8.03. The van der Waals surface area contributed by atoms with Gasteiger partial charge >= 0.3 is 0 Å². The number of methoxy groups -OCH3 is 1. The molecule has 126 valence electrons. The lowest BCUT2D eigenvalue weighted by molar-refractivity contribution is -0.136. The average Bonchev–Trinajstić information content (AvgIpc) is 2.62. The van der Waals surface area contributed by atoms with Crippen molar-refractivity contribution in [1.82, 2.24) is 14.9 Å². The van der Waals surface area contributed by atoms with Crippen molar-refractivity contribution in [2.24, 2.45) is 0 Å². The highest BCUT2D eigenvalue weighted by atomic mass is 19.1. The summed E-state index contributed by atoms with van der Waals surface area (Å²) in [5.74, 6) is 0.360. The highest BCUT2D eigenvalue weighted by Crippen LogP contribution is 2.27. The second-order valence-corrected chi connectivity index (χ2v) is 5.93. The van der Waals surface area contributed by atoms with Gasteiger partial charge in [-0.3, -0.25) is 4.79 Å². The van der Waals surface area contributed by atoms with E-state index in [1.54, 1.807) is 18.3 Å². The fourth-order valence-electron chi connectivity index (χ4n) is 3.03. The maximum Gasteiger partial charge on any atom is 0.248 e. The second kappa shape index (κ2) is 7.49. The molecular formula is C18H20FN3O2. The van der Waals surface area contributed by atoms with Crippen LogP contribution in [0.1, 0.15) is 24.5 Å². The first-order chi connectivity index (χ1) is 11.7. The van der Waals surface area contributed by atoms with Crippen LogP contribution in [0.5, 0.6) is 0 Å². The minimum atomic E-state index is -0.310. The Bertz CT molecular complexity index is 723. The molecule has 1 amide bonds. The number of rotatable bonds is 4. The first kappa shape index (κ1) is 16.5. The van der Waals surface area contributed by atoms with Crippen molar-refractivity contribution < 1.29 is 13.9 Å². The molecule has 3 rings (SSSR count). The van der Waals surface area contributed by atoms with Crippen LogP contribution in [0.15, 0.2) is 36.5 Å². The lowest BCUT2D eigenvalue weighted by Gasteiger charge is -2.32. The summed E-state index contributed by atoms with van der Waals surface area (Å²) in [5, 5.41) is 0. The number of carbonyl (C=O) groups is 1. The fraction of sp³-hybridized carbons (Fsp3) is 0.389. The van der Waals surface area contributed by atoms with E-state index in [-0.39, 0.29) is 24.2 Å². The molecule has 0 bridgehead atoms. The minimum absolute atomic E-state index is 0.00149. The molecule has 0 aliphatic carbocycles. The quantitative estimate of drug-likeness (QED) is 0.865. The van der Waals surface area contributed by atoms with Crippen molar-refractivity contribution in [3.8, 4) is 11.4 Å². The van der Waals surface area contributed by atoms with E-state index < -0.39 is 0 Å². The number of likely N-dealkylation sites (tertiary alicyclic amines) is 1. The summed E-state index contributed by atoms with van der Waals surface area (Å²) in [6.45, 7) is 1.48. The summed E-state index contributed by atoms with van der Waals surface area (Å²) in [7, 11) is 1.52. The molecule has 1 aromatic heterocycles. The minimum Gasteiger partial charge on any atom is -0.375 e. The zero-order valence-electron chi connectivity index (χ0n) is 13.6. The molecule has 0 N–H and O–H groups in total. The molecule has 1 atom stereocenters. The maximum atomic E-state index is 13.4. The molecule has 0 radical (unpaired) electrons. The van der Waals surface area contributed by atoms with E-state index in [1.807, 2.05) is 11.0 Å². The monoisotopic (exact) mass is 329 g/mol. The Morgan fingerprint density at radius 2 is 2.29 bits per heavy atom. The highest BCUT2D eigenvalue weighted by molar-refractivity contribution is 5.77. The normalized spacial score (nSPS) is 17.8. The van der Waals surface area contributed by atoms with Gasteiger partial charge in [0.25, 0.3) is 0 Å². The van der Waals surface area contributed by atoms with Gasteiger partial charge < -0.3 is 9.64 Å². The Morgan fingerprint density at radius 3 is 3.08 bits per heavy atom. The Kier molecular flexibility index (Phi) is 5.15. The smallest absolute Gasteiger partial charge is 0.248 e. The van der Waals surface area contributed by atoms with Crippen LogP contribution in [0.3, 0.4) is 0 Å². The van der Waals surface area contributed by atoms with Gasteiger partial charge in [-0.25, -0.2) is 14.4 Å². The zero-order chi connectivity index (χ0) is 16.9. The van der Waals surface area contributed by atoms with Gasteiger partial charge in [-0.05, 0) is 31.0 Å². The van der Waals surface area contributed by atoms with Crippen LogP contribution in [0.25, 0.3) is 11.4 Å².